The zero-order chi connectivity index (χ0) is 31.6. The molecule has 45 heavy (non-hydrogen) atoms. The van der Waals surface area contributed by atoms with Crippen molar-refractivity contribution in [3.63, 3.8) is 0 Å². The van der Waals surface area contributed by atoms with Crippen molar-refractivity contribution < 1.29 is 17.9 Å². The molecule has 0 atom stereocenters. The second kappa shape index (κ2) is 16.7. The van der Waals surface area contributed by atoms with E-state index in [1.165, 1.54) is 70.3 Å². The molecule has 244 valence electrons. The van der Waals surface area contributed by atoms with Crippen molar-refractivity contribution in [1.29, 1.82) is 0 Å². The van der Waals surface area contributed by atoms with E-state index >= 15 is 4.39 Å². The number of benzene rings is 3. The Morgan fingerprint density at radius 3 is 1.84 bits per heavy atom. The predicted molar refractivity (Wildman–Crippen MR) is 181 cm³/mol. The zero-order valence-electron chi connectivity index (χ0n) is 27.6. The summed E-state index contributed by atoms with van der Waals surface area (Å²) in [6.07, 6.45) is 20.1. The third-order valence-electron chi connectivity index (χ3n) is 10.8. The molecule has 4 heteroatoms. The average Bonchev–Trinajstić information content (AvgIpc) is 3.07. The van der Waals surface area contributed by atoms with Gasteiger partial charge in [-0.05, 0) is 104 Å². The summed E-state index contributed by atoms with van der Waals surface area (Å²) < 4.78 is 50.6. The van der Waals surface area contributed by atoms with Crippen molar-refractivity contribution in [1.82, 2.24) is 0 Å². The summed E-state index contributed by atoms with van der Waals surface area (Å²) in [5.41, 5.74) is 3.08. The average molecular weight is 619 g/mol. The summed E-state index contributed by atoms with van der Waals surface area (Å²) in [4.78, 5) is 0. The van der Waals surface area contributed by atoms with Gasteiger partial charge >= 0.3 is 0 Å². The Morgan fingerprint density at radius 2 is 1.20 bits per heavy atom. The van der Waals surface area contributed by atoms with Gasteiger partial charge in [-0.25, -0.2) is 8.78 Å². The van der Waals surface area contributed by atoms with Crippen LogP contribution in [-0.4, -0.2) is 6.61 Å². The predicted octanol–water partition coefficient (Wildman–Crippen LogP) is 13.1. The molecule has 0 N–H and O–H groups in total. The summed E-state index contributed by atoms with van der Waals surface area (Å²) >= 11 is 0. The topological polar surface area (TPSA) is 9.23 Å². The zero-order valence-corrected chi connectivity index (χ0v) is 27.6. The maximum absolute atomic E-state index is 15.4. The Hall–Kier alpha value is -2.75. The van der Waals surface area contributed by atoms with E-state index in [0.29, 0.717) is 23.7 Å². The van der Waals surface area contributed by atoms with Crippen LogP contribution >= 0.6 is 0 Å². The quantitative estimate of drug-likeness (QED) is 0.163. The Kier molecular flexibility index (Phi) is 12.5. The number of halogens is 3. The van der Waals surface area contributed by atoms with E-state index < -0.39 is 11.6 Å². The smallest absolute Gasteiger partial charge is 0.201 e. The van der Waals surface area contributed by atoms with Crippen LogP contribution in [0, 0.1) is 35.2 Å². The van der Waals surface area contributed by atoms with E-state index in [4.69, 9.17) is 4.74 Å². The fourth-order valence-corrected chi connectivity index (χ4v) is 7.98. The lowest BCUT2D eigenvalue weighted by Crippen LogP contribution is -2.25. The Balaban J connectivity index is 1.15. The molecule has 0 spiro atoms. The van der Waals surface area contributed by atoms with E-state index in [1.807, 2.05) is 6.07 Å². The lowest BCUT2D eigenvalue weighted by atomic mass is 9.68. The third-order valence-corrected chi connectivity index (χ3v) is 10.8. The van der Waals surface area contributed by atoms with Gasteiger partial charge in [-0.15, -0.1) is 0 Å². The number of rotatable bonds is 14. The molecule has 0 aliphatic heterocycles. The summed E-state index contributed by atoms with van der Waals surface area (Å²) in [6.45, 7) is 4.78. The molecule has 2 aliphatic carbocycles. The van der Waals surface area contributed by atoms with Crippen molar-refractivity contribution >= 4 is 0 Å². The van der Waals surface area contributed by atoms with E-state index in [9.17, 15) is 8.78 Å². The molecular weight excluding hydrogens is 565 g/mol. The largest absolute Gasteiger partial charge is 0.490 e. The summed E-state index contributed by atoms with van der Waals surface area (Å²) in [7, 11) is 0. The van der Waals surface area contributed by atoms with Crippen molar-refractivity contribution in [2.24, 2.45) is 17.8 Å². The molecule has 0 saturated heterocycles. The van der Waals surface area contributed by atoms with Crippen LogP contribution < -0.4 is 4.74 Å². The number of hydrogen-bond donors (Lipinski definition) is 0. The molecule has 0 radical (unpaired) electrons. The highest BCUT2D eigenvalue weighted by molar-refractivity contribution is 5.71. The van der Waals surface area contributed by atoms with E-state index in [1.54, 1.807) is 36.4 Å². The Bertz CT molecular complexity index is 1330. The van der Waals surface area contributed by atoms with Crippen molar-refractivity contribution in [3.8, 4) is 28.0 Å². The van der Waals surface area contributed by atoms with Gasteiger partial charge in [0.05, 0.1) is 6.61 Å². The molecule has 3 aromatic carbocycles. The molecule has 3 aromatic rings. The molecule has 0 aromatic heterocycles. The monoisotopic (exact) mass is 618 g/mol. The SMILES string of the molecule is CCCCCCOc1ccc(-c2ccc(-c3ccc(C4CCC(C5CCC(CCCCC)CC5)CC4)cc3F)cc2)c(F)c1F. The fraction of sp³-hybridized carbons (Fsp3) is 0.561. The van der Waals surface area contributed by atoms with E-state index in [2.05, 4.69) is 19.9 Å². The highest BCUT2D eigenvalue weighted by atomic mass is 19.2. The second-order valence-electron chi connectivity index (χ2n) is 13.9. The van der Waals surface area contributed by atoms with Gasteiger partial charge in [0.15, 0.2) is 11.6 Å². The first-order valence-electron chi connectivity index (χ1n) is 18.0. The first-order chi connectivity index (χ1) is 22.0. The van der Waals surface area contributed by atoms with Gasteiger partial charge in [0, 0.05) is 11.1 Å². The minimum Gasteiger partial charge on any atom is -0.490 e. The lowest BCUT2D eigenvalue weighted by molar-refractivity contribution is 0.155. The van der Waals surface area contributed by atoms with Crippen LogP contribution in [0.4, 0.5) is 13.2 Å². The minimum absolute atomic E-state index is 0.0553. The van der Waals surface area contributed by atoms with Gasteiger partial charge in [0.2, 0.25) is 5.82 Å². The molecule has 0 bridgehead atoms. The molecule has 2 fully saturated rings. The van der Waals surface area contributed by atoms with Gasteiger partial charge in [0.25, 0.3) is 0 Å². The Morgan fingerprint density at radius 1 is 0.600 bits per heavy atom. The van der Waals surface area contributed by atoms with E-state index in [0.717, 1.165) is 67.4 Å². The molecule has 0 amide bonds. The first-order valence-corrected chi connectivity index (χ1v) is 18.0. The molecule has 0 heterocycles. The van der Waals surface area contributed by atoms with Crippen LogP contribution in [0.5, 0.6) is 5.75 Å². The first kappa shape index (κ1) is 33.6. The van der Waals surface area contributed by atoms with Crippen molar-refractivity contribution in [2.45, 2.75) is 122 Å². The lowest BCUT2D eigenvalue weighted by Gasteiger charge is -2.38. The van der Waals surface area contributed by atoms with Gasteiger partial charge in [-0.2, -0.15) is 4.39 Å². The highest BCUT2D eigenvalue weighted by Crippen LogP contribution is 2.45. The van der Waals surface area contributed by atoms with Crippen LogP contribution in [0.3, 0.4) is 0 Å². The van der Waals surface area contributed by atoms with Gasteiger partial charge in [0.1, 0.15) is 5.82 Å². The summed E-state index contributed by atoms with van der Waals surface area (Å²) in [5, 5.41) is 0. The minimum atomic E-state index is -0.965. The van der Waals surface area contributed by atoms with Gasteiger partial charge in [-0.1, -0.05) is 108 Å². The number of ether oxygens (including phenoxy) is 1. The maximum Gasteiger partial charge on any atom is 0.201 e. The Labute approximate surface area is 270 Å². The van der Waals surface area contributed by atoms with Crippen molar-refractivity contribution in [2.75, 3.05) is 6.61 Å². The maximum atomic E-state index is 15.4. The van der Waals surface area contributed by atoms with Crippen LogP contribution in [0.25, 0.3) is 22.3 Å². The normalized spacial score (nSPS) is 22.0. The van der Waals surface area contributed by atoms with Gasteiger partial charge in [-0.3, -0.25) is 0 Å². The second-order valence-corrected chi connectivity index (χ2v) is 13.9. The number of unbranched alkanes of at least 4 members (excludes halogenated alkanes) is 5. The summed E-state index contributed by atoms with van der Waals surface area (Å²) in [6, 6.07) is 15.8. The molecule has 0 unspecified atom stereocenters. The standard InChI is InChI=1S/C41H53F3O/c1-3-5-7-9-27-45-39-26-25-37(40(43)41(39)44)34-21-19-33(20-22-34)36-24-23-35(28-38(36)42)32-17-15-31(16-18-32)30-13-11-29(12-14-30)10-8-6-4-2/h19-26,28-32H,3-18,27H2,1-2H3. The van der Waals surface area contributed by atoms with Crippen LogP contribution in [-0.2, 0) is 0 Å². The fourth-order valence-electron chi connectivity index (χ4n) is 7.98. The molecule has 2 aliphatic rings. The van der Waals surface area contributed by atoms with Crippen molar-refractivity contribution in [3.05, 3.63) is 77.6 Å². The molecule has 5 rings (SSSR count). The molecule has 2 saturated carbocycles. The summed E-state index contributed by atoms with van der Waals surface area (Å²) in [5.74, 6) is 0.968. The molecular formula is C41H53F3O. The number of hydrogen-bond acceptors (Lipinski definition) is 1. The van der Waals surface area contributed by atoms with Gasteiger partial charge < -0.3 is 4.74 Å². The van der Waals surface area contributed by atoms with Crippen LogP contribution in [0.2, 0.25) is 0 Å². The highest BCUT2D eigenvalue weighted by Gasteiger charge is 2.31. The van der Waals surface area contributed by atoms with Crippen LogP contribution in [0.1, 0.15) is 128 Å². The van der Waals surface area contributed by atoms with Crippen LogP contribution in [0.15, 0.2) is 54.6 Å². The third kappa shape index (κ3) is 8.74. The molecule has 1 nitrogen and oxygen atoms in total. The van der Waals surface area contributed by atoms with E-state index in [-0.39, 0.29) is 17.1 Å².